The van der Waals surface area contributed by atoms with Crippen molar-refractivity contribution in [3.8, 4) is 5.69 Å². The molecule has 0 atom stereocenters. The summed E-state index contributed by atoms with van der Waals surface area (Å²) in [6.45, 7) is 2.99. The number of hydrogen-bond donors (Lipinski definition) is 0. The molecule has 2 aromatic carbocycles. The Balaban J connectivity index is 1.68. The number of carbonyl (C=O) groups is 2. The highest BCUT2D eigenvalue weighted by Gasteiger charge is 2.15. The van der Waals surface area contributed by atoms with Crippen LogP contribution in [-0.2, 0) is 9.53 Å². The molecule has 7 heteroatoms. The summed E-state index contributed by atoms with van der Waals surface area (Å²) in [7, 11) is 0. The van der Waals surface area contributed by atoms with Gasteiger partial charge in [0, 0.05) is 17.3 Å². The van der Waals surface area contributed by atoms with Gasteiger partial charge in [-0.25, -0.2) is 18.3 Å². The van der Waals surface area contributed by atoms with Crippen molar-refractivity contribution in [3.05, 3.63) is 88.8 Å². The highest BCUT2D eigenvalue weighted by atomic mass is 19.1. The second-order valence-electron chi connectivity index (χ2n) is 6.32. The van der Waals surface area contributed by atoms with Crippen molar-refractivity contribution < 1.29 is 23.1 Å². The largest absolute Gasteiger partial charge is 0.454 e. The predicted octanol–water partition coefficient (Wildman–Crippen LogP) is 4.21. The van der Waals surface area contributed by atoms with E-state index in [9.17, 15) is 18.4 Å². The van der Waals surface area contributed by atoms with E-state index in [1.54, 1.807) is 10.8 Å². The third kappa shape index (κ3) is 4.63. The fraction of sp³-hybridized carbons (Fsp3) is 0.136. The molecule has 0 spiro atoms. The lowest BCUT2D eigenvalue weighted by Crippen LogP contribution is -2.14. The highest BCUT2D eigenvalue weighted by molar-refractivity contribution is 5.99. The first kappa shape index (κ1) is 20.1. The molecule has 0 bridgehead atoms. The lowest BCUT2D eigenvalue weighted by Gasteiger charge is -2.04. The molecular weight excluding hydrogens is 378 g/mol. The Morgan fingerprint density at radius 1 is 1.10 bits per heavy atom. The molecule has 0 aliphatic rings. The maximum Gasteiger partial charge on any atom is 0.331 e. The Bertz CT molecular complexity index is 1090. The fourth-order valence-corrected chi connectivity index (χ4v) is 2.84. The van der Waals surface area contributed by atoms with Gasteiger partial charge in [-0.3, -0.25) is 4.79 Å². The minimum absolute atomic E-state index is 0.461. The third-order valence-corrected chi connectivity index (χ3v) is 4.31. The number of rotatable bonds is 6. The van der Waals surface area contributed by atoms with Gasteiger partial charge in [0.15, 0.2) is 6.61 Å². The summed E-state index contributed by atoms with van der Waals surface area (Å²) < 4.78 is 33.4. The molecule has 0 amide bonds. The van der Waals surface area contributed by atoms with Crippen molar-refractivity contribution >= 4 is 17.8 Å². The van der Waals surface area contributed by atoms with Crippen LogP contribution >= 0.6 is 0 Å². The number of Topliss-reactive ketones (excluding diaryl/α,β-unsaturated/α-hetero) is 1. The summed E-state index contributed by atoms with van der Waals surface area (Å²) in [5, 5.41) is 4.47. The minimum Gasteiger partial charge on any atom is -0.454 e. The van der Waals surface area contributed by atoms with E-state index in [0.29, 0.717) is 5.69 Å². The predicted molar refractivity (Wildman–Crippen MR) is 104 cm³/mol. The van der Waals surface area contributed by atoms with E-state index in [-0.39, 0.29) is 0 Å². The monoisotopic (exact) mass is 396 g/mol. The Morgan fingerprint density at radius 3 is 2.55 bits per heavy atom. The van der Waals surface area contributed by atoms with Crippen LogP contribution in [0.3, 0.4) is 0 Å². The molecule has 148 valence electrons. The van der Waals surface area contributed by atoms with Crippen LogP contribution in [0.15, 0.2) is 54.6 Å². The van der Waals surface area contributed by atoms with Gasteiger partial charge >= 0.3 is 5.97 Å². The molecule has 0 radical (unpaired) electrons. The van der Waals surface area contributed by atoms with Gasteiger partial charge in [0.2, 0.25) is 5.78 Å². The smallest absolute Gasteiger partial charge is 0.331 e. The van der Waals surface area contributed by atoms with Crippen LogP contribution in [0.1, 0.15) is 27.3 Å². The molecule has 1 heterocycles. The standard InChI is InChI=1S/C22H18F2N2O3/c1-14-18(15(2)26(25-14)17-6-4-3-5-7-17)9-11-22(28)29-13-21(27)19-12-16(23)8-10-20(19)24/h3-12H,13H2,1-2H3/b11-9+. The second-order valence-corrected chi connectivity index (χ2v) is 6.32. The van der Waals surface area contributed by atoms with Gasteiger partial charge in [0.05, 0.1) is 16.9 Å². The molecule has 0 unspecified atom stereocenters. The molecule has 1 aromatic heterocycles. The molecule has 29 heavy (non-hydrogen) atoms. The number of benzene rings is 2. The SMILES string of the molecule is Cc1nn(-c2ccccc2)c(C)c1/C=C/C(=O)OCC(=O)c1cc(F)ccc1F. The third-order valence-electron chi connectivity index (χ3n) is 4.31. The molecule has 3 rings (SSSR count). The van der Waals surface area contributed by atoms with E-state index in [0.717, 1.165) is 35.1 Å². The number of nitrogens with zero attached hydrogens (tertiary/aromatic N) is 2. The lowest BCUT2D eigenvalue weighted by atomic mass is 10.1. The van der Waals surface area contributed by atoms with Crippen LogP contribution in [0.4, 0.5) is 8.78 Å². The van der Waals surface area contributed by atoms with Crippen molar-refractivity contribution in [2.24, 2.45) is 0 Å². The fourth-order valence-electron chi connectivity index (χ4n) is 2.84. The van der Waals surface area contributed by atoms with E-state index >= 15 is 0 Å². The van der Waals surface area contributed by atoms with Crippen molar-refractivity contribution in [1.29, 1.82) is 0 Å². The van der Waals surface area contributed by atoms with Gasteiger partial charge in [0.1, 0.15) is 11.6 Å². The summed E-state index contributed by atoms with van der Waals surface area (Å²) in [6.07, 6.45) is 2.72. The highest BCUT2D eigenvalue weighted by Crippen LogP contribution is 2.19. The summed E-state index contributed by atoms with van der Waals surface area (Å²) in [5.41, 5.74) is 2.72. The molecule has 0 aliphatic heterocycles. The number of esters is 1. The summed E-state index contributed by atoms with van der Waals surface area (Å²) in [4.78, 5) is 23.9. The van der Waals surface area contributed by atoms with E-state index in [1.165, 1.54) is 6.08 Å². The van der Waals surface area contributed by atoms with E-state index in [1.807, 2.05) is 44.2 Å². The number of ether oxygens (including phenoxy) is 1. The molecule has 0 saturated carbocycles. The summed E-state index contributed by atoms with van der Waals surface area (Å²) in [5.74, 6) is -3.22. The van der Waals surface area contributed by atoms with Crippen LogP contribution < -0.4 is 0 Å². The van der Waals surface area contributed by atoms with Crippen LogP contribution in [0.5, 0.6) is 0 Å². The van der Waals surface area contributed by atoms with Gasteiger partial charge in [-0.05, 0) is 50.3 Å². The maximum absolute atomic E-state index is 13.6. The molecule has 3 aromatic rings. The van der Waals surface area contributed by atoms with Gasteiger partial charge in [-0.1, -0.05) is 18.2 Å². The minimum atomic E-state index is -0.873. The molecule has 0 aliphatic carbocycles. The number of carbonyl (C=O) groups excluding carboxylic acids is 2. The van der Waals surface area contributed by atoms with Gasteiger partial charge in [-0.2, -0.15) is 5.10 Å². The van der Waals surface area contributed by atoms with Crippen molar-refractivity contribution in [1.82, 2.24) is 9.78 Å². The first-order valence-corrected chi connectivity index (χ1v) is 8.81. The van der Waals surface area contributed by atoms with E-state index < -0.39 is 35.6 Å². The molecule has 0 saturated heterocycles. The Hall–Kier alpha value is -3.61. The topological polar surface area (TPSA) is 61.2 Å². The number of aromatic nitrogens is 2. The molecular formula is C22H18F2N2O3. The average Bonchev–Trinajstić information content (AvgIpc) is 3.00. The van der Waals surface area contributed by atoms with Crippen LogP contribution in [0, 0.1) is 25.5 Å². The molecule has 5 nitrogen and oxygen atoms in total. The van der Waals surface area contributed by atoms with E-state index in [4.69, 9.17) is 4.74 Å². The normalized spacial score (nSPS) is 11.0. The number of halogens is 2. The lowest BCUT2D eigenvalue weighted by molar-refractivity contribution is -0.136. The zero-order chi connectivity index (χ0) is 21.0. The zero-order valence-electron chi connectivity index (χ0n) is 15.9. The van der Waals surface area contributed by atoms with Crippen LogP contribution in [0.25, 0.3) is 11.8 Å². The molecule has 0 fully saturated rings. The van der Waals surface area contributed by atoms with Crippen molar-refractivity contribution in [3.63, 3.8) is 0 Å². The van der Waals surface area contributed by atoms with Crippen LogP contribution in [-0.4, -0.2) is 28.1 Å². The Morgan fingerprint density at radius 2 is 1.83 bits per heavy atom. The Kier molecular flexibility index (Phi) is 5.97. The number of para-hydroxylation sites is 1. The van der Waals surface area contributed by atoms with Gasteiger partial charge < -0.3 is 4.74 Å². The van der Waals surface area contributed by atoms with Gasteiger partial charge in [0.25, 0.3) is 0 Å². The second kappa shape index (κ2) is 8.60. The Labute approximate surface area is 166 Å². The molecule has 0 N–H and O–H groups in total. The first-order chi connectivity index (χ1) is 13.9. The number of hydrogen-bond acceptors (Lipinski definition) is 4. The first-order valence-electron chi connectivity index (χ1n) is 8.81. The van der Waals surface area contributed by atoms with E-state index in [2.05, 4.69) is 5.10 Å². The summed E-state index contributed by atoms with van der Waals surface area (Å²) >= 11 is 0. The quantitative estimate of drug-likeness (QED) is 0.356. The van der Waals surface area contributed by atoms with Crippen molar-refractivity contribution in [2.45, 2.75) is 13.8 Å². The summed E-state index contributed by atoms with van der Waals surface area (Å²) in [6, 6.07) is 12.1. The number of aryl methyl sites for hydroxylation is 1. The van der Waals surface area contributed by atoms with Crippen molar-refractivity contribution in [2.75, 3.05) is 6.61 Å². The maximum atomic E-state index is 13.6. The van der Waals surface area contributed by atoms with Gasteiger partial charge in [-0.15, -0.1) is 0 Å². The van der Waals surface area contributed by atoms with Crippen LogP contribution in [0.2, 0.25) is 0 Å². The number of ketones is 1. The average molecular weight is 396 g/mol. The zero-order valence-corrected chi connectivity index (χ0v) is 15.9.